The Morgan fingerprint density at radius 2 is 2.12 bits per heavy atom. The maximum atomic E-state index is 13.8. The average molecular weight is 368 g/mol. The molecule has 0 spiro atoms. The van der Waals surface area contributed by atoms with Gasteiger partial charge in [-0.3, -0.25) is 4.57 Å². The Morgan fingerprint density at radius 3 is 2.83 bits per heavy atom. The predicted molar refractivity (Wildman–Crippen MR) is 88.7 cm³/mol. The van der Waals surface area contributed by atoms with Gasteiger partial charge in [-0.05, 0) is 17.7 Å². The molecule has 1 aromatic carbocycles. The van der Waals surface area contributed by atoms with Gasteiger partial charge in [-0.1, -0.05) is 29.3 Å². The monoisotopic (exact) mass is 367 g/mol. The van der Waals surface area contributed by atoms with E-state index in [-0.39, 0.29) is 6.23 Å². The highest BCUT2D eigenvalue weighted by Crippen LogP contribution is 2.29. The van der Waals surface area contributed by atoms with Gasteiger partial charge in [0.05, 0.1) is 23.0 Å². The normalized spacial score (nSPS) is 17.0. The molecule has 0 amide bonds. The fourth-order valence-electron chi connectivity index (χ4n) is 2.50. The first-order chi connectivity index (χ1) is 11.6. The summed E-state index contributed by atoms with van der Waals surface area (Å²) < 4.78 is 20.9. The van der Waals surface area contributed by atoms with Gasteiger partial charge in [0.1, 0.15) is 6.23 Å². The Hall–Kier alpha value is -1.96. The van der Waals surface area contributed by atoms with Crippen molar-refractivity contribution in [3.8, 4) is 0 Å². The van der Waals surface area contributed by atoms with Crippen LogP contribution in [0.25, 0.3) is 11.2 Å². The van der Waals surface area contributed by atoms with E-state index in [1.807, 2.05) is 6.07 Å². The van der Waals surface area contributed by atoms with Gasteiger partial charge in [0, 0.05) is 13.0 Å². The number of nitrogens with one attached hydrogen (secondary N) is 1. The number of rotatable bonds is 4. The predicted octanol–water partition coefficient (Wildman–Crippen LogP) is 3.80. The third-order valence-corrected chi connectivity index (χ3v) is 4.56. The van der Waals surface area contributed by atoms with E-state index in [4.69, 9.17) is 27.9 Å². The average Bonchev–Trinajstić information content (AvgIpc) is 2.90. The summed E-state index contributed by atoms with van der Waals surface area (Å²) in [7, 11) is 0. The number of nitrogens with zero attached hydrogens (tertiary/aromatic N) is 4. The molecule has 0 bridgehead atoms. The highest BCUT2D eigenvalue weighted by atomic mass is 35.5. The van der Waals surface area contributed by atoms with E-state index < -0.39 is 6.08 Å². The third-order valence-electron chi connectivity index (χ3n) is 3.82. The molecule has 9 heteroatoms. The molecule has 1 saturated heterocycles. The zero-order valence-corrected chi connectivity index (χ0v) is 13.9. The Bertz CT molecular complexity index is 912. The maximum Gasteiger partial charge on any atom is 0.312 e. The van der Waals surface area contributed by atoms with Gasteiger partial charge in [-0.2, -0.15) is 14.4 Å². The highest BCUT2D eigenvalue weighted by Gasteiger charge is 2.24. The molecule has 3 heterocycles. The minimum absolute atomic E-state index is 0.146. The number of aromatic nitrogens is 4. The minimum Gasteiger partial charge on any atom is -0.364 e. The summed E-state index contributed by atoms with van der Waals surface area (Å²) in [6.45, 7) is 1.08. The van der Waals surface area contributed by atoms with Crippen LogP contribution in [-0.2, 0) is 11.3 Å². The van der Waals surface area contributed by atoms with Crippen molar-refractivity contribution in [1.29, 1.82) is 0 Å². The van der Waals surface area contributed by atoms with Crippen molar-refractivity contribution in [3.05, 3.63) is 46.2 Å². The summed E-state index contributed by atoms with van der Waals surface area (Å²) in [5.74, 6) is 0.321. The smallest absolute Gasteiger partial charge is 0.312 e. The van der Waals surface area contributed by atoms with E-state index in [2.05, 4.69) is 20.3 Å². The van der Waals surface area contributed by atoms with Crippen LogP contribution >= 0.6 is 23.2 Å². The van der Waals surface area contributed by atoms with E-state index in [1.54, 1.807) is 23.0 Å². The van der Waals surface area contributed by atoms with Crippen molar-refractivity contribution in [2.45, 2.75) is 19.2 Å². The van der Waals surface area contributed by atoms with Crippen molar-refractivity contribution in [1.82, 2.24) is 19.5 Å². The Balaban J connectivity index is 1.63. The Morgan fingerprint density at radius 1 is 1.29 bits per heavy atom. The fourth-order valence-corrected chi connectivity index (χ4v) is 2.82. The second kappa shape index (κ2) is 6.16. The van der Waals surface area contributed by atoms with Crippen molar-refractivity contribution in [2.75, 3.05) is 11.9 Å². The first-order valence-corrected chi connectivity index (χ1v) is 8.07. The molecular weight excluding hydrogens is 356 g/mol. The van der Waals surface area contributed by atoms with E-state index in [9.17, 15) is 4.39 Å². The number of halogens is 3. The lowest BCUT2D eigenvalue weighted by Crippen LogP contribution is -2.24. The molecule has 3 aromatic rings. The first-order valence-electron chi connectivity index (χ1n) is 7.31. The molecule has 124 valence electrons. The Kier molecular flexibility index (Phi) is 3.99. The van der Waals surface area contributed by atoms with Gasteiger partial charge in [0.25, 0.3) is 0 Å². The van der Waals surface area contributed by atoms with Gasteiger partial charge < -0.3 is 10.1 Å². The van der Waals surface area contributed by atoms with Crippen LogP contribution in [0.3, 0.4) is 0 Å². The zero-order chi connectivity index (χ0) is 16.7. The molecule has 1 unspecified atom stereocenters. The largest absolute Gasteiger partial charge is 0.364 e. The summed E-state index contributed by atoms with van der Waals surface area (Å²) in [4.78, 5) is 11.9. The molecule has 6 nitrogen and oxygen atoms in total. The van der Waals surface area contributed by atoms with Crippen molar-refractivity contribution < 1.29 is 9.13 Å². The molecule has 1 atom stereocenters. The van der Waals surface area contributed by atoms with Gasteiger partial charge in [-0.15, -0.1) is 0 Å². The van der Waals surface area contributed by atoms with Crippen molar-refractivity contribution >= 4 is 40.2 Å². The molecule has 4 rings (SSSR count). The van der Waals surface area contributed by atoms with Crippen LogP contribution < -0.4 is 5.32 Å². The molecule has 2 aromatic heterocycles. The van der Waals surface area contributed by atoms with Crippen molar-refractivity contribution in [2.24, 2.45) is 0 Å². The fraction of sp³-hybridized carbons (Fsp3) is 0.267. The van der Waals surface area contributed by atoms with Gasteiger partial charge >= 0.3 is 6.08 Å². The topological polar surface area (TPSA) is 64.9 Å². The Labute approximate surface area is 146 Å². The molecule has 1 N–H and O–H groups in total. The van der Waals surface area contributed by atoms with Crippen LogP contribution in [0.4, 0.5) is 10.2 Å². The van der Waals surface area contributed by atoms with Gasteiger partial charge in [0.15, 0.2) is 17.0 Å². The lowest BCUT2D eigenvalue weighted by atomic mass is 10.2. The standard InChI is InChI=1S/C15H12Cl2FN5O/c16-9-2-1-8(5-10(9)17)6-19-13-12-14(22-15(18)21-13)23(7-20-12)11-3-4-24-11/h1-2,5,7,11H,3-4,6H2,(H,19,21,22). The summed E-state index contributed by atoms with van der Waals surface area (Å²) in [6.07, 6.45) is 1.48. The van der Waals surface area contributed by atoms with Crippen LogP contribution in [-0.4, -0.2) is 26.1 Å². The van der Waals surface area contributed by atoms with E-state index >= 15 is 0 Å². The number of hydrogen-bond acceptors (Lipinski definition) is 5. The highest BCUT2D eigenvalue weighted by molar-refractivity contribution is 6.42. The summed E-state index contributed by atoms with van der Waals surface area (Å²) in [5.41, 5.74) is 1.79. The molecule has 1 aliphatic rings. The molecular formula is C15H12Cl2FN5O. The van der Waals surface area contributed by atoms with E-state index in [1.165, 1.54) is 0 Å². The van der Waals surface area contributed by atoms with Crippen LogP contribution in [0.5, 0.6) is 0 Å². The lowest BCUT2D eigenvalue weighted by Gasteiger charge is -2.27. The number of ether oxygens (including phenoxy) is 1. The number of hydrogen-bond donors (Lipinski definition) is 1. The zero-order valence-electron chi connectivity index (χ0n) is 12.3. The lowest BCUT2D eigenvalue weighted by molar-refractivity contribution is -0.0974. The maximum absolute atomic E-state index is 13.8. The number of anilines is 1. The van der Waals surface area contributed by atoms with Crippen LogP contribution in [0.2, 0.25) is 10.0 Å². The number of imidazole rings is 1. The second-order valence-corrected chi connectivity index (χ2v) is 6.20. The van der Waals surface area contributed by atoms with Crippen LogP contribution in [0.1, 0.15) is 18.2 Å². The minimum atomic E-state index is -0.819. The number of fused-ring (bicyclic) bond motifs is 1. The molecule has 24 heavy (non-hydrogen) atoms. The molecule has 0 aliphatic carbocycles. The first kappa shape index (κ1) is 15.6. The van der Waals surface area contributed by atoms with Crippen molar-refractivity contribution in [3.63, 3.8) is 0 Å². The summed E-state index contributed by atoms with van der Waals surface area (Å²) >= 11 is 11.9. The van der Waals surface area contributed by atoms with Gasteiger partial charge in [-0.25, -0.2) is 4.98 Å². The van der Waals surface area contributed by atoms with Crippen LogP contribution in [0.15, 0.2) is 24.5 Å². The van der Waals surface area contributed by atoms with Crippen LogP contribution in [0, 0.1) is 6.08 Å². The summed E-state index contributed by atoms with van der Waals surface area (Å²) in [5, 5.41) is 4.01. The quantitative estimate of drug-likeness (QED) is 0.710. The molecule has 1 fully saturated rings. The molecule has 0 radical (unpaired) electrons. The second-order valence-electron chi connectivity index (χ2n) is 5.38. The number of benzene rings is 1. The summed E-state index contributed by atoms with van der Waals surface area (Å²) in [6, 6.07) is 5.28. The SMILES string of the molecule is Fc1nc(NCc2ccc(Cl)c(Cl)c2)c2ncn(C3CCO3)c2n1. The van der Waals surface area contributed by atoms with E-state index in [0.717, 1.165) is 12.0 Å². The van der Waals surface area contributed by atoms with E-state index in [0.29, 0.717) is 40.2 Å². The molecule has 0 saturated carbocycles. The van der Waals surface area contributed by atoms with Gasteiger partial charge in [0.2, 0.25) is 0 Å². The molecule has 1 aliphatic heterocycles. The third kappa shape index (κ3) is 2.79.